The molecule has 3 nitrogen and oxygen atoms in total. The Morgan fingerprint density at radius 3 is 2.18 bits per heavy atom. The smallest absolute Gasteiger partial charge is 0.165 e. The lowest BCUT2D eigenvalue weighted by Crippen LogP contribution is -2.12. The Kier molecular flexibility index (Phi) is 4.57. The third kappa shape index (κ3) is 3.22. The number of ether oxygens (including phenoxy) is 1. The van der Waals surface area contributed by atoms with Crippen molar-refractivity contribution in [1.82, 2.24) is 0 Å². The van der Waals surface area contributed by atoms with Gasteiger partial charge >= 0.3 is 0 Å². The largest absolute Gasteiger partial charge is 0.492 e. The van der Waals surface area contributed by atoms with Gasteiger partial charge in [-0.1, -0.05) is 32.7 Å². The highest BCUT2D eigenvalue weighted by Gasteiger charge is 2.18. The average molecular weight is 254 g/mol. The van der Waals surface area contributed by atoms with E-state index in [0.29, 0.717) is 0 Å². The van der Waals surface area contributed by atoms with E-state index in [1.54, 1.807) is 19.1 Å². The fourth-order valence-electron chi connectivity index (χ4n) is 1.65. The molecule has 0 saturated carbocycles. The summed E-state index contributed by atoms with van der Waals surface area (Å²) in [6, 6.07) is 4.29. The summed E-state index contributed by atoms with van der Waals surface area (Å²) in [5.41, 5.74) is 3.42. The van der Waals surface area contributed by atoms with Crippen LogP contribution in [-0.2, 0) is 5.41 Å². The number of hydrogen-bond donors (Lipinski definition) is 2. The van der Waals surface area contributed by atoms with Crippen LogP contribution in [0, 0.1) is 0 Å². The summed E-state index contributed by atoms with van der Waals surface area (Å²) in [5, 5.41) is 3.18. The zero-order valence-electron chi connectivity index (χ0n) is 11.5. The van der Waals surface area contributed by atoms with Crippen molar-refractivity contribution in [3.63, 3.8) is 0 Å². The third-order valence-electron chi connectivity index (χ3n) is 2.64. The molecule has 0 aliphatic heterocycles. The topological polar surface area (TPSA) is 33.3 Å². The van der Waals surface area contributed by atoms with Crippen LogP contribution in [-0.4, -0.2) is 20.4 Å². The molecule has 0 aliphatic rings. The van der Waals surface area contributed by atoms with E-state index in [1.165, 1.54) is 5.56 Å². The first-order chi connectivity index (χ1) is 7.93. The Labute approximate surface area is 108 Å². The second kappa shape index (κ2) is 5.54. The zero-order valence-corrected chi connectivity index (χ0v) is 12.3. The maximum Gasteiger partial charge on any atom is 0.165 e. The Bertz CT molecular complexity index is 386. The molecule has 1 aromatic carbocycles. The number of rotatable bonds is 4. The molecule has 0 heterocycles. The van der Waals surface area contributed by atoms with E-state index in [9.17, 15) is 0 Å². The molecule has 0 spiro atoms. The van der Waals surface area contributed by atoms with Crippen LogP contribution in [0.5, 0.6) is 5.75 Å². The van der Waals surface area contributed by atoms with Crippen LogP contribution in [0.2, 0.25) is 0 Å². The Balaban J connectivity index is 3.34. The minimum Gasteiger partial charge on any atom is -0.492 e. The van der Waals surface area contributed by atoms with E-state index < -0.39 is 0 Å². The van der Waals surface area contributed by atoms with Crippen LogP contribution >= 0.6 is 11.9 Å². The van der Waals surface area contributed by atoms with Gasteiger partial charge in [-0.3, -0.25) is 0 Å². The molecule has 1 aromatic rings. The van der Waals surface area contributed by atoms with Gasteiger partial charge in [0.2, 0.25) is 0 Å². The minimum atomic E-state index is 0.118. The van der Waals surface area contributed by atoms with Gasteiger partial charge in [-0.05, 0) is 23.1 Å². The van der Waals surface area contributed by atoms with E-state index >= 15 is 0 Å². The molecule has 0 fully saturated rings. The van der Waals surface area contributed by atoms with Crippen molar-refractivity contribution in [2.45, 2.75) is 26.2 Å². The SMILES string of the molecule is CNc1cc(C(C)(C)C)cc(NSC)c1OC. The maximum atomic E-state index is 5.45. The first-order valence-corrected chi connectivity index (χ1v) is 6.85. The predicted molar refractivity (Wildman–Crippen MR) is 78.4 cm³/mol. The number of hydrogen-bond acceptors (Lipinski definition) is 4. The van der Waals surface area contributed by atoms with Crippen molar-refractivity contribution in [3.8, 4) is 5.75 Å². The van der Waals surface area contributed by atoms with E-state index in [-0.39, 0.29) is 5.41 Å². The first kappa shape index (κ1) is 14.0. The van der Waals surface area contributed by atoms with Gasteiger partial charge in [-0.2, -0.15) is 0 Å². The van der Waals surface area contributed by atoms with Crippen molar-refractivity contribution in [3.05, 3.63) is 17.7 Å². The number of methoxy groups -OCH3 is 1. The van der Waals surface area contributed by atoms with Crippen molar-refractivity contribution in [2.24, 2.45) is 0 Å². The Morgan fingerprint density at radius 2 is 1.76 bits per heavy atom. The van der Waals surface area contributed by atoms with E-state index in [4.69, 9.17) is 4.74 Å². The molecule has 0 radical (unpaired) electrons. The summed E-state index contributed by atoms with van der Waals surface area (Å²) < 4.78 is 8.72. The molecule has 17 heavy (non-hydrogen) atoms. The molecular weight excluding hydrogens is 232 g/mol. The zero-order chi connectivity index (χ0) is 13.1. The van der Waals surface area contributed by atoms with Gasteiger partial charge in [0.05, 0.1) is 18.5 Å². The number of benzene rings is 1. The molecule has 2 N–H and O–H groups in total. The van der Waals surface area contributed by atoms with Crippen molar-refractivity contribution < 1.29 is 4.74 Å². The van der Waals surface area contributed by atoms with Crippen LogP contribution in [0.4, 0.5) is 11.4 Å². The second-order valence-corrected chi connectivity index (χ2v) is 5.52. The minimum absolute atomic E-state index is 0.118. The Hall–Kier alpha value is -1.03. The van der Waals surface area contributed by atoms with Crippen LogP contribution in [0.15, 0.2) is 12.1 Å². The molecular formula is C13H22N2OS. The van der Waals surface area contributed by atoms with E-state index in [2.05, 4.69) is 42.9 Å². The molecule has 1 rings (SSSR count). The third-order valence-corrected chi connectivity index (χ3v) is 3.06. The number of nitrogens with one attached hydrogen (secondary N) is 2. The summed E-state index contributed by atoms with van der Waals surface area (Å²) >= 11 is 1.57. The van der Waals surface area contributed by atoms with Crippen LogP contribution in [0.1, 0.15) is 26.3 Å². The lowest BCUT2D eigenvalue weighted by Gasteiger charge is -2.23. The standard InChI is InChI=1S/C13H22N2OS/c1-13(2,3)9-7-10(14-4)12(16-5)11(8-9)15-17-6/h7-8,14-15H,1-6H3. The summed E-state index contributed by atoms with van der Waals surface area (Å²) in [4.78, 5) is 0. The fourth-order valence-corrected chi connectivity index (χ4v) is 2.02. The Morgan fingerprint density at radius 1 is 1.18 bits per heavy atom. The van der Waals surface area contributed by atoms with Crippen LogP contribution in [0.3, 0.4) is 0 Å². The normalized spacial score (nSPS) is 11.2. The number of anilines is 2. The monoisotopic (exact) mass is 254 g/mol. The molecule has 0 amide bonds. The van der Waals surface area contributed by atoms with Crippen molar-refractivity contribution in [1.29, 1.82) is 0 Å². The maximum absolute atomic E-state index is 5.45. The first-order valence-electron chi connectivity index (χ1n) is 5.63. The van der Waals surface area contributed by atoms with Gasteiger partial charge in [0, 0.05) is 13.3 Å². The van der Waals surface area contributed by atoms with Gasteiger partial charge in [0.25, 0.3) is 0 Å². The molecule has 0 aromatic heterocycles. The van der Waals surface area contributed by atoms with Gasteiger partial charge in [0.1, 0.15) is 0 Å². The summed E-state index contributed by atoms with van der Waals surface area (Å²) in [7, 11) is 3.60. The predicted octanol–water partition coefficient (Wildman–Crippen LogP) is 3.72. The molecule has 4 heteroatoms. The highest BCUT2D eigenvalue weighted by molar-refractivity contribution is 7.99. The van der Waals surface area contributed by atoms with Crippen LogP contribution < -0.4 is 14.8 Å². The lowest BCUT2D eigenvalue weighted by molar-refractivity contribution is 0.418. The molecule has 0 atom stereocenters. The lowest BCUT2D eigenvalue weighted by atomic mass is 9.86. The highest BCUT2D eigenvalue weighted by atomic mass is 32.2. The van der Waals surface area contributed by atoms with Crippen molar-refractivity contribution >= 4 is 23.3 Å². The molecule has 0 bridgehead atoms. The second-order valence-electron chi connectivity index (χ2n) is 4.91. The van der Waals surface area contributed by atoms with Crippen LogP contribution in [0.25, 0.3) is 0 Å². The van der Waals surface area contributed by atoms with E-state index in [0.717, 1.165) is 17.1 Å². The molecule has 96 valence electrons. The average Bonchev–Trinajstić information content (AvgIpc) is 2.27. The molecule has 0 aliphatic carbocycles. The fraction of sp³-hybridized carbons (Fsp3) is 0.538. The van der Waals surface area contributed by atoms with E-state index in [1.807, 2.05) is 13.3 Å². The molecule has 0 saturated heterocycles. The summed E-state index contributed by atoms with van der Waals surface area (Å²) in [5.74, 6) is 0.856. The highest BCUT2D eigenvalue weighted by Crippen LogP contribution is 2.39. The van der Waals surface area contributed by atoms with Gasteiger partial charge in [0.15, 0.2) is 5.75 Å². The van der Waals surface area contributed by atoms with Gasteiger partial charge in [-0.25, -0.2) is 0 Å². The summed E-state index contributed by atoms with van der Waals surface area (Å²) in [6.07, 6.45) is 2.00. The molecule has 0 unspecified atom stereocenters. The van der Waals surface area contributed by atoms with Gasteiger partial charge < -0.3 is 14.8 Å². The van der Waals surface area contributed by atoms with Crippen molar-refractivity contribution in [2.75, 3.05) is 30.5 Å². The summed E-state index contributed by atoms with van der Waals surface area (Å²) in [6.45, 7) is 6.62. The quantitative estimate of drug-likeness (QED) is 0.802. The van der Waals surface area contributed by atoms with Gasteiger partial charge in [-0.15, -0.1) is 0 Å².